The number of aryl methyl sites for hydroxylation is 1. The van der Waals surface area contributed by atoms with E-state index >= 15 is 0 Å². The van der Waals surface area contributed by atoms with Gasteiger partial charge in [0.05, 0.1) is 6.61 Å². The molecule has 0 saturated carbocycles. The van der Waals surface area contributed by atoms with Gasteiger partial charge in [-0.2, -0.15) is 0 Å². The maximum absolute atomic E-state index is 11.8. The predicted octanol–water partition coefficient (Wildman–Crippen LogP) is 2.83. The van der Waals surface area contributed by atoms with Crippen molar-refractivity contribution in [3.63, 3.8) is 0 Å². The number of esters is 1. The van der Waals surface area contributed by atoms with Crippen LogP contribution in [0, 0.1) is 6.92 Å². The average molecular weight is 328 g/mol. The van der Waals surface area contributed by atoms with Gasteiger partial charge >= 0.3 is 5.97 Å². The van der Waals surface area contributed by atoms with Crippen LogP contribution in [-0.2, 0) is 9.53 Å². The van der Waals surface area contributed by atoms with Crippen molar-refractivity contribution in [2.45, 2.75) is 26.7 Å². The molecular weight excluding hydrogens is 310 g/mol. The first-order valence-corrected chi connectivity index (χ1v) is 7.04. The highest BCUT2D eigenvalue weighted by molar-refractivity contribution is 9.10. The van der Waals surface area contributed by atoms with Gasteiger partial charge < -0.3 is 10.1 Å². The zero-order chi connectivity index (χ0) is 14.3. The van der Waals surface area contributed by atoms with Crippen LogP contribution in [0.3, 0.4) is 0 Å². The van der Waals surface area contributed by atoms with E-state index in [9.17, 15) is 9.59 Å². The minimum absolute atomic E-state index is 0.126. The van der Waals surface area contributed by atoms with E-state index in [1.165, 1.54) is 0 Å². The van der Waals surface area contributed by atoms with Crippen molar-refractivity contribution < 1.29 is 14.3 Å². The van der Waals surface area contributed by atoms with Crippen molar-refractivity contribution in [2.24, 2.45) is 0 Å². The summed E-state index contributed by atoms with van der Waals surface area (Å²) in [5.41, 5.74) is 1.64. The number of carbonyl (C=O) groups excluding carboxylic acids is 2. The lowest BCUT2D eigenvalue weighted by atomic mass is 10.1. The molecule has 0 radical (unpaired) electrons. The fraction of sp³-hybridized carbons (Fsp3) is 0.429. The molecule has 0 aliphatic carbocycles. The predicted molar refractivity (Wildman–Crippen MR) is 77.1 cm³/mol. The first kappa shape index (κ1) is 15.7. The molecule has 1 N–H and O–H groups in total. The highest BCUT2D eigenvalue weighted by atomic mass is 79.9. The molecule has 0 saturated heterocycles. The molecule has 19 heavy (non-hydrogen) atoms. The molecule has 104 valence electrons. The van der Waals surface area contributed by atoms with E-state index in [4.69, 9.17) is 4.74 Å². The minimum atomic E-state index is -0.226. The molecule has 0 heterocycles. The lowest BCUT2D eigenvalue weighted by Crippen LogP contribution is -2.25. The number of hydrogen-bond donors (Lipinski definition) is 1. The quantitative estimate of drug-likeness (QED) is 0.645. The Hall–Kier alpha value is -1.36. The van der Waals surface area contributed by atoms with Gasteiger partial charge in [-0.15, -0.1) is 0 Å². The van der Waals surface area contributed by atoms with Crippen LogP contribution in [0.25, 0.3) is 0 Å². The molecule has 1 aromatic rings. The fourth-order valence-electron chi connectivity index (χ4n) is 1.56. The van der Waals surface area contributed by atoms with E-state index in [2.05, 4.69) is 21.2 Å². The van der Waals surface area contributed by atoms with E-state index < -0.39 is 0 Å². The molecular formula is C14H18BrNO3. The average Bonchev–Trinajstić information content (AvgIpc) is 2.38. The van der Waals surface area contributed by atoms with Gasteiger partial charge in [-0.3, -0.25) is 9.59 Å². The van der Waals surface area contributed by atoms with Gasteiger partial charge in [-0.1, -0.05) is 15.9 Å². The van der Waals surface area contributed by atoms with Crippen molar-refractivity contribution in [3.8, 4) is 0 Å². The molecule has 0 spiro atoms. The van der Waals surface area contributed by atoms with Crippen LogP contribution >= 0.6 is 15.9 Å². The van der Waals surface area contributed by atoms with Crippen LogP contribution in [-0.4, -0.2) is 25.0 Å². The lowest BCUT2D eigenvalue weighted by Gasteiger charge is -2.06. The van der Waals surface area contributed by atoms with E-state index in [0.717, 1.165) is 10.0 Å². The number of carbonyl (C=O) groups is 2. The third kappa shape index (κ3) is 5.42. The van der Waals surface area contributed by atoms with Gasteiger partial charge in [0, 0.05) is 23.0 Å². The van der Waals surface area contributed by atoms with Gasteiger partial charge in [-0.25, -0.2) is 0 Å². The first-order valence-electron chi connectivity index (χ1n) is 6.24. The van der Waals surface area contributed by atoms with Crippen LogP contribution in [0.15, 0.2) is 22.7 Å². The van der Waals surface area contributed by atoms with Crippen molar-refractivity contribution >= 4 is 27.8 Å². The Morgan fingerprint density at radius 1 is 1.37 bits per heavy atom. The molecule has 0 atom stereocenters. The third-order valence-corrected chi connectivity index (χ3v) is 3.46. The van der Waals surface area contributed by atoms with E-state index in [1.807, 2.05) is 19.1 Å². The normalized spacial score (nSPS) is 10.1. The summed E-state index contributed by atoms with van der Waals surface area (Å²) < 4.78 is 5.78. The third-order valence-electron chi connectivity index (χ3n) is 2.57. The molecule has 0 aromatic heterocycles. The van der Waals surface area contributed by atoms with Crippen molar-refractivity contribution in [2.75, 3.05) is 13.2 Å². The molecule has 0 bridgehead atoms. The van der Waals surface area contributed by atoms with E-state index in [1.54, 1.807) is 13.0 Å². The monoisotopic (exact) mass is 327 g/mol. The molecule has 5 heteroatoms. The van der Waals surface area contributed by atoms with Crippen molar-refractivity contribution in [1.82, 2.24) is 5.32 Å². The van der Waals surface area contributed by atoms with E-state index in [-0.39, 0.29) is 11.9 Å². The topological polar surface area (TPSA) is 55.4 Å². The number of nitrogens with one attached hydrogen (secondary N) is 1. The number of benzene rings is 1. The fourth-order valence-corrected chi connectivity index (χ4v) is 1.80. The van der Waals surface area contributed by atoms with Gasteiger partial charge in [0.15, 0.2) is 0 Å². The lowest BCUT2D eigenvalue weighted by molar-refractivity contribution is -0.143. The molecule has 0 aliphatic rings. The second-order valence-corrected chi connectivity index (χ2v) is 4.98. The summed E-state index contributed by atoms with van der Waals surface area (Å²) in [7, 11) is 0. The Labute approximate surface area is 121 Å². The van der Waals surface area contributed by atoms with Gasteiger partial charge in [0.2, 0.25) is 0 Å². The van der Waals surface area contributed by atoms with Crippen molar-refractivity contribution in [1.29, 1.82) is 0 Å². The molecule has 0 fully saturated rings. The van der Waals surface area contributed by atoms with Crippen LogP contribution < -0.4 is 5.32 Å². The Balaban J connectivity index is 2.35. The molecule has 0 unspecified atom stereocenters. The van der Waals surface area contributed by atoms with Crippen LogP contribution in [0.4, 0.5) is 0 Å². The summed E-state index contributed by atoms with van der Waals surface area (Å²) in [6, 6.07) is 5.44. The van der Waals surface area contributed by atoms with Gasteiger partial charge in [0.1, 0.15) is 0 Å². The van der Waals surface area contributed by atoms with E-state index in [0.29, 0.717) is 31.6 Å². The Morgan fingerprint density at radius 3 is 2.74 bits per heavy atom. The zero-order valence-electron chi connectivity index (χ0n) is 11.2. The number of amides is 1. The molecule has 1 aromatic carbocycles. The first-order chi connectivity index (χ1) is 9.04. The van der Waals surface area contributed by atoms with Gasteiger partial charge in [-0.05, 0) is 44.0 Å². The second-order valence-electron chi connectivity index (χ2n) is 4.13. The number of rotatable bonds is 6. The van der Waals surface area contributed by atoms with Crippen LogP contribution in [0.1, 0.15) is 35.7 Å². The zero-order valence-corrected chi connectivity index (χ0v) is 12.7. The largest absolute Gasteiger partial charge is 0.466 e. The highest BCUT2D eigenvalue weighted by Gasteiger charge is 2.07. The molecule has 0 aliphatic heterocycles. The van der Waals surface area contributed by atoms with Crippen LogP contribution in [0.5, 0.6) is 0 Å². The summed E-state index contributed by atoms with van der Waals surface area (Å²) in [5, 5.41) is 2.78. The minimum Gasteiger partial charge on any atom is -0.466 e. The maximum atomic E-state index is 11.8. The smallest absolute Gasteiger partial charge is 0.305 e. The molecule has 1 rings (SSSR count). The van der Waals surface area contributed by atoms with Crippen molar-refractivity contribution in [3.05, 3.63) is 33.8 Å². The SMILES string of the molecule is CCOC(=O)CCCNC(=O)c1ccc(Br)c(C)c1. The summed E-state index contributed by atoms with van der Waals surface area (Å²) >= 11 is 3.39. The summed E-state index contributed by atoms with van der Waals surface area (Å²) in [5.74, 6) is -0.351. The summed E-state index contributed by atoms with van der Waals surface area (Å²) in [4.78, 5) is 22.9. The Bertz CT molecular complexity index is 460. The highest BCUT2D eigenvalue weighted by Crippen LogP contribution is 2.16. The Morgan fingerprint density at radius 2 is 2.11 bits per heavy atom. The summed E-state index contributed by atoms with van der Waals surface area (Å²) in [6.07, 6.45) is 0.910. The standard InChI is InChI=1S/C14H18BrNO3/c1-3-19-13(17)5-4-8-16-14(18)11-6-7-12(15)10(2)9-11/h6-7,9H,3-5,8H2,1-2H3,(H,16,18). The number of hydrogen-bond acceptors (Lipinski definition) is 3. The maximum Gasteiger partial charge on any atom is 0.305 e. The van der Waals surface area contributed by atoms with Gasteiger partial charge in [0.25, 0.3) is 5.91 Å². The molecule has 4 nitrogen and oxygen atoms in total. The number of ether oxygens (including phenoxy) is 1. The number of halogens is 1. The summed E-state index contributed by atoms with van der Waals surface area (Å²) in [6.45, 7) is 4.56. The Kier molecular flexibility index (Phi) is 6.56. The van der Waals surface area contributed by atoms with Crippen LogP contribution in [0.2, 0.25) is 0 Å². The second kappa shape index (κ2) is 7.94. The molecule has 1 amide bonds.